The van der Waals surface area contributed by atoms with Gasteiger partial charge in [-0.15, -0.1) is 11.3 Å². The van der Waals surface area contributed by atoms with Crippen molar-refractivity contribution in [3.8, 4) is 5.75 Å². The van der Waals surface area contributed by atoms with E-state index in [-0.39, 0.29) is 29.6 Å². The molecule has 4 rings (SSSR count). The number of rotatable bonds is 9. The Morgan fingerprint density at radius 3 is 2.79 bits per heavy atom. The first-order chi connectivity index (χ1) is 15.9. The molecule has 2 aromatic heterocycles. The number of thiazole rings is 1. The Bertz CT molecular complexity index is 1090. The summed E-state index contributed by atoms with van der Waals surface area (Å²) in [4.78, 5) is 21.3. The number of carbonyl (C=O) groups is 1. The van der Waals surface area contributed by atoms with E-state index in [0.29, 0.717) is 37.9 Å². The Morgan fingerprint density at radius 2 is 2.06 bits per heavy atom. The summed E-state index contributed by atoms with van der Waals surface area (Å²) in [5, 5.41) is 5.79. The molecule has 0 aliphatic heterocycles. The topological polar surface area (TPSA) is 99.4 Å². The van der Waals surface area contributed by atoms with E-state index in [1.54, 1.807) is 12.3 Å². The summed E-state index contributed by atoms with van der Waals surface area (Å²) in [6.45, 7) is -0.0997. The fourth-order valence-electron chi connectivity index (χ4n) is 4.00. The van der Waals surface area contributed by atoms with Crippen LogP contribution in [-0.2, 0) is 16.0 Å². The minimum absolute atomic E-state index is 0.00376. The second kappa shape index (κ2) is 10.5. The number of ether oxygens (including phenoxy) is 2. The van der Waals surface area contributed by atoms with Crippen molar-refractivity contribution in [1.29, 1.82) is 0 Å². The van der Waals surface area contributed by atoms with Crippen molar-refractivity contribution >= 4 is 39.8 Å². The van der Waals surface area contributed by atoms with Gasteiger partial charge in [-0.25, -0.2) is 14.4 Å². The summed E-state index contributed by atoms with van der Waals surface area (Å²) >= 11 is 7.24. The summed E-state index contributed by atoms with van der Waals surface area (Å²) in [6.07, 6.45) is 4.49. The molecule has 0 saturated heterocycles. The molecule has 3 N–H and O–H groups in total. The van der Waals surface area contributed by atoms with Crippen LogP contribution in [0, 0.1) is 11.2 Å². The first kappa shape index (κ1) is 23.4. The molecule has 1 saturated carbocycles. The van der Waals surface area contributed by atoms with Gasteiger partial charge in [0.15, 0.2) is 23.5 Å². The van der Waals surface area contributed by atoms with Gasteiger partial charge in [0.05, 0.1) is 16.5 Å². The molecular formula is C23H24ClFN4O3S. The molecule has 1 fully saturated rings. The number of hydrogen-bond acceptors (Lipinski definition) is 7. The van der Waals surface area contributed by atoms with Crippen LogP contribution in [0.2, 0.25) is 5.02 Å². The number of nitrogens with one attached hydrogen (secondary N) is 1. The van der Waals surface area contributed by atoms with Gasteiger partial charge >= 0.3 is 0 Å². The van der Waals surface area contributed by atoms with Crippen molar-refractivity contribution in [1.82, 2.24) is 9.97 Å². The van der Waals surface area contributed by atoms with Gasteiger partial charge in [0.25, 0.3) is 0 Å². The number of pyridine rings is 1. The molecule has 3 aromatic rings. The molecular weight excluding hydrogens is 467 g/mol. The molecule has 1 aliphatic carbocycles. The van der Waals surface area contributed by atoms with Crippen LogP contribution in [0.4, 0.5) is 15.3 Å². The standard InChI is InChI=1S/C23H24ClFN4O3S/c24-17-4-2-5-18(20(17)25)32-14-31-16-7-9-23(10-8-16,21(26)30)13-15-3-1-6-19(28-15)29-22-27-11-12-33-22/h1-6,11-12,16H,7-10,13-14H2,(H2,26,30)(H,27,28,29). The fourth-order valence-corrected chi connectivity index (χ4v) is 4.70. The second-order valence-corrected chi connectivity index (χ2v) is 9.28. The van der Waals surface area contributed by atoms with Crippen molar-refractivity contribution in [2.45, 2.75) is 38.2 Å². The van der Waals surface area contributed by atoms with Crippen LogP contribution in [0.25, 0.3) is 0 Å². The molecule has 0 radical (unpaired) electrons. The first-order valence-electron chi connectivity index (χ1n) is 10.6. The van der Waals surface area contributed by atoms with Crippen molar-refractivity contribution < 1.29 is 18.7 Å². The Hall–Kier alpha value is -2.75. The van der Waals surface area contributed by atoms with Gasteiger partial charge in [-0.3, -0.25) is 4.79 Å². The molecule has 174 valence electrons. The molecule has 7 nitrogen and oxygen atoms in total. The maximum Gasteiger partial charge on any atom is 0.224 e. The van der Waals surface area contributed by atoms with Crippen LogP contribution in [0.5, 0.6) is 5.75 Å². The van der Waals surface area contributed by atoms with Gasteiger partial charge in [-0.05, 0) is 49.9 Å². The molecule has 0 bridgehead atoms. The number of aromatic nitrogens is 2. The highest BCUT2D eigenvalue weighted by molar-refractivity contribution is 7.13. The second-order valence-electron chi connectivity index (χ2n) is 7.98. The molecule has 2 heterocycles. The van der Waals surface area contributed by atoms with Crippen molar-refractivity contribution in [2.24, 2.45) is 11.1 Å². The zero-order chi connectivity index (χ0) is 23.3. The van der Waals surface area contributed by atoms with Crippen molar-refractivity contribution in [3.05, 3.63) is 64.5 Å². The van der Waals surface area contributed by atoms with Crippen LogP contribution < -0.4 is 15.8 Å². The van der Waals surface area contributed by atoms with Crippen LogP contribution in [0.15, 0.2) is 48.0 Å². The maximum atomic E-state index is 13.9. The zero-order valence-corrected chi connectivity index (χ0v) is 19.4. The number of amides is 1. The van der Waals surface area contributed by atoms with E-state index in [4.69, 9.17) is 26.8 Å². The molecule has 0 spiro atoms. The third-order valence-electron chi connectivity index (χ3n) is 5.84. The smallest absolute Gasteiger partial charge is 0.224 e. The number of nitrogens with zero attached hydrogens (tertiary/aromatic N) is 2. The summed E-state index contributed by atoms with van der Waals surface area (Å²) in [7, 11) is 0. The van der Waals surface area contributed by atoms with Gasteiger partial charge in [-0.1, -0.05) is 23.7 Å². The molecule has 10 heteroatoms. The van der Waals surface area contributed by atoms with Gasteiger partial charge in [0, 0.05) is 23.7 Å². The molecule has 1 amide bonds. The normalized spacial score (nSPS) is 20.4. The van der Waals surface area contributed by atoms with E-state index >= 15 is 0 Å². The van der Waals surface area contributed by atoms with Crippen LogP contribution in [0.3, 0.4) is 0 Å². The molecule has 1 aromatic carbocycles. The molecule has 33 heavy (non-hydrogen) atoms. The third kappa shape index (κ3) is 5.79. The lowest BCUT2D eigenvalue weighted by Crippen LogP contribution is -2.43. The highest BCUT2D eigenvalue weighted by Gasteiger charge is 2.41. The minimum Gasteiger partial charge on any atom is -0.464 e. The highest BCUT2D eigenvalue weighted by atomic mass is 35.5. The highest BCUT2D eigenvalue weighted by Crippen LogP contribution is 2.40. The number of carbonyl (C=O) groups excluding carboxylic acids is 1. The Balaban J connectivity index is 1.33. The summed E-state index contributed by atoms with van der Waals surface area (Å²) in [6, 6.07) is 10.2. The van der Waals surface area contributed by atoms with Crippen molar-refractivity contribution in [2.75, 3.05) is 12.1 Å². The van der Waals surface area contributed by atoms with E-state index < -0.39 is 11.2 Å². The largest absolute Gasteiger partial charge is 0.464 e. The third-order valence-corrected chi connectivity index (χ3v) is 6.82. The van der Waals surface area contributed by atoms with E-state index in [1.807, 2.05) is 23.6 Å². The van der Waals surface area contributed by atoms with Crippen molar-refractivity contribution in [3.63, 3.8) is 0 Å². The lowest BCUT2D eigenvalue weighted by Gasteiger charge is -2.37. The van der Waals surface area contributed by atoms with E-state index in [1.165, 1.54) is 23.5 Å². The number of benzene rings is 1. The number of nitrogens with two attached hydrogens (primary N) is 1. The predicted molar refractivity (Wildman–Crippen MR) is 125 cm³/mol. The SMILES string of the molecule is NC(=O)C1(Cc2cccc(Nc3nccs3)n2)CCC(OCOc2cccc(Cl)c2F)CC1. The number of halogens is 2. The lowest BCUT2D eigenvalue weighted by molar-refractivity contribution is -0.133. The van der Waals surface area contributed by atoms with E-state index in [0.717, 1.165) is 10.8 Å². The molecule has 1 aliphatic rings. The minimum atomic E-state index is -0.688. The van der Waals surface area contributed by atoms with Crippen LogP contribution in [0.1, 0.15) is 31.4 Å². The number of hydrogen-bond donors (Lipinski definition) is 2. The van der Waals surface area contributed by atoms with Gasteiger partial charge in [0.2, 0.25) is 5.91 Å². The fraction of sp³-hybridized carbons (Fsp3) is 0.348. The van der Waals surface area contributed by atoms with Gasteiger partial charge < -0.3 is 20.5 Å². The maximum absolute atomic E-state index is 13.9. The van der Waals surface area contributed by atoms with E-state index in [9.17, 15) is 9.18 Å². The van der Waals surface area contributed by atoms with Gasteiger partial charge in [0.1, 0.15) is 5.82 Å². The van der Waals surface area contributed by atoms with Gasteiger partial charge in [-0.2, -0.15) is 0 Å². The average molecular weight is 491 g/mol. The number of primary amides is 1. The first-order valence-corrected chi connectivity index (χ1v) is 11.8. The predicted octanol–water partition coefficient (Wildman–Crippen LogP) is 5.08. The summed E-state index contributed by atoms with van der Waals surface area (Å²) in [5.41, 5.74) is 5.94. The summed E-state index contributed by atoms with van der Waals surface area (Å²) < 4.78 is 25.1. The van der Waals surface area contributed by atoms with Crippen LogP contribution in [-0.4, -0.2) is 28.8 Å². The zero-order valence-electron chi connectivity index (χ0n) is 17.8. The lowest BCUT2D eigenvalue weighted by atomic mass is 9.69. The summed E-state index contributed by atoms with van der Waals surface area (Å²) in [5.74, 6) is -0.233. The Labute approximate surface area is 200 Å². The average Bonchev–Trinajstić information content (AvgIpc) is 3.31. The monoisotopic (exact) mass is 490 g/mol. The van der Waals surface area contributed by atoms with E-state index in [2.05, 4.69) is 15.3 Å². The molecule has 0 atom stereocenters. The van der Waals surface area contributed by atoms with Crippen LogP contribution >= 0.6 is 22.9 Å². The molecule has 0 unspecified atom stereocenters. The Kier molecular flexibility index (Phi) is 7.42. The number of anilines is 2. The quantitative estimate of drug-likeness (QED) is 0.405. The Morgan fingerprint density at radius 1 is 1.27 bits per heavy atom.